The van der Waals surface area contributed by atoms with Crippen molar-refractivity contribution in [3.05, 3.63) is 46.5 Å². The summed E-state index contributed by atoms with van der Waals surface area (Å²) in [5.74, 6) is -0.354. The molecule has 122 valence electrons. The Balaban J connectivity index is 1.76. The topological polar surface area (TPSA) is 53.3 Å². The lowest BCUT2D eigenvalue weighted by molar-refractivity contribution is -0.153. The Bertz CT molecular complexity index is 682. The van der Waals surface area contributed by atoms with Crippen molar-refractivity contribution in [1.29, 1.82) is 0 Å². The molecule has 1 aromatic heterocycles. The lowest BCUT2D eigenvalue weighted by atomic mass is 10.0. The van der Waals surface area contributed by atoms with Crippen LogP contribution in [0.5, 0.6) is 0 Å². The molecule has 7 heteroatoms. The summed E-state index contributed by atoms with van der Waals surface area (Å²) in [6.45, 7) is 1.21. The van der Waals surface area contributed by atoms with Gasteiger partial charge in [0.15, 0.2) is 5.15 Å². The minimum absolute atomic E-state index is 0.0314. The van der Waals surface area contributed by atoms with Crippen LogP contribution in [0.1, 0.15) is 18.5 Å². The quantitative estimate of drug-likeness (QED) is 0.786. The second-order valence-corrected chi connectivity index (χ2v) is 5.98. The van der Waals surface area contributed by atoms with Crippen molar-refractivity contribution in [2.75, 3.05) is 13.2 Å². The van der Waals surface area contributed by atoms with Gasteiger partial charge in [0.05, 0.1) is 5.92 Å². The SMILES string of the molecule is O=C(OCc1c(Cl)nc(Cl)n1-c1ccccc1)C1CCOCC1. The number of carbonyl (C=O) groups excluding carboxylic acids is 1. The van der Waals surface area contributed by atoms with E-state index in [0.717, 1.165) is 5.69 Å². The second-order valence-electron chi connectivity index (χ2n) is 5.28. The van der Waals surface area contributed by atoms with E-state index in [1.54, 1.807) is 4.57 Å². The Kier molecular flexibility index (Phi) is 5.20. The minimum atomic E-state index is -0.235. The number of ether oxygens (including phenoxy) is 2. The lowest BCUT2D eigenvalue weighted by Crippen LogP contribution is -2.25. The molecular weight excluding hydrogens is 339 g/mol. The molecule has 2 aromatic rings. The van der Waals surface area contributed by atoms with Crippen molar-refractivity contribution in [2.24, 2.45) is 5.92 Å². The van der Waals surface area contributed by atoms with Crippen LogP contribution in [0.2, 0.25) is 10.4 Å². The van der Waals surface area contributed by atoms with Gasteiger partial charge in [-0.25, -0.2) is 4.98 Å². The van der Waals surface area contributed by atoms with E-state index in [1.807, 2.05) is 30.3 Å². The Morgan fingerprint density at radius 3 is 2.65 bits per heavy atom. The molecule has 0 spiro atoms. The number of hydrogen-bond acceptors (Lipinski definition) is 4. The molecular formula is C16H16Cl2N2O3. The molecule has 0 unspecified atom stereocenters. The van der Waals surface area contributed by atoms with Crippen LogP contribution in [0.25, 0.3) is 5.69 Å². The summed E-state index contributed by atoms with van der Waals surface area (Å²) in [4.78, 5) is 16.2. The number of nitrogens with zero attached hydrogens (tertiary/aromatic N) is 2. The number of benzene rings is 1. The van der Waals surface area contributed by atoms with Crippen LogP contribution in [0.3, 0.4) is 0 Å². The molecule has 23 heavy (non-hydrogen) atoms. The zero-order valence-corrected chi connectivity index (χ0v) is 13.9. The van der Waals surface area contributed by atoms with Crippen LogP contribution < -0.4 is 0 Å². The minimum Gasteiger partial charge on any atom is -0.459 e. The fourth-order valence-electron chi connectivity index (χ4n) is 2.55. The first-order chi connectivity index (χ1) is 11.2. The summed E-state index contributed by atoms with van der Waals surface area (Å²) < 4.78 is 12.4. The van der Waals surface area contributed by atoms with Crippen molar-refractivity contribution in [1.82, 2.24) is 9.55 Å². The first-order valence-electron chi connectivity index (χ1n) is 7.39. The van der Waals surface area contributed by atoms with Crippen LogP contribution in [0, 0.1) is 5.92 Å². The Morgan fingerprint density at radius 2 is 1.96 bits per heavy atom. The summed E-state index contributed by atoms with van der Waals surface area (Å²) >= 11 is 12.3. The van der Waals surface area contributed by atoms with Gasteiger partial charge in [0.2, 0.25) is 5.28 Å². The van der Waals surface area contributed by atoms with E-state index in [0.29, 0.717) is 31.7 Å². The monoisotopic (exact) mass is 354 g/mol. The van der Waals surface area contributed by atoms with Crippen LogP contribution in [0.4, 0.5) is 0 Å². The summed E-state index contributed by atoms with van der Waals surface area (Å²) in [5.41, 5.74) is 1.37. The molecule has 0 N–H and O–H groups in total. The zero-order valence-electron chi connectivity index (χ0n) is 12.4. The Morgan fingerprint density at radius 1 is 1.26 bits per heavy atom. The Labute approximate surface area is 144 Å². The zero-order chi connectivity index (χ0) is 16.2. The first kappa shape index (κ1) is 16.3. The maximum absolute atomic E-state index is 12.2. The number of hydrogen-bond donors (Lipinski definition) is 0. The predicted octanol–water partition coefficient (Wildman–Crippen LogP) is 3.65. The molecule has 1 aliphatic heterocycles. The molecule has 1 aromatic carbocycles. The van der Waals surface area contributed by atoms with Crippen molar-refractivity contribution in [2.45, 2.75) is 19.4 Å². The highest BCUT2D eigenvalue weighted by atomic mass is 35.5. The van der Waals surface area contributed by atoms with Gasteiger partial charge < -0.3 is 9.47 Å². The summed E-state index contributed by atoms with van der Waals surface area (Å²) in [6, 6.07) is 9.44. The van der Waals surface area contributed by atoms with Crippen LogP contribution in [-0.2, 0) is 20.9 Å². The van der Waals surface area contributed by atoms with Crippen molar-refractivity contribution in [3.63, 3.8) is 0 Å². The molecule has 0 atom stereocenters. The highest BCUT2D eigenvalue weighted by molar-refractivity contribution is 6.33. The summed E-state index contributed by atoms with van der Waals surface area (Å²) in [7, 11) is 0. The molecule has 0 radical (unpaired) electrons. The molecule has 1 saturated heterocycles. The average Bonchev–Trinajstić information content (AvgIpc) is 2.87. The van der Waals surface area contributed by atoms with Gasteiger partial charge in [-0.05, 0) is 36.6 Å². The molecule has 0 saturated carbocycles. The molecule has 1 fully saturated rings. The van der Waals surface area contributed by atoms with E-state index in [1.165, 1.54) is 0 Å². The maximum Gasteiger partial charge on any atom is 0.309 e. The fourth-order valence-corrected chi connectivity index (χ4v) is 3.10. The van der Waals surface area contributed by atoms with Crippen molar-refractivity contribution in [3.8, 4) is 5.69 Å². The summed E-state index contributed by atoms with van der Waals surface area (Å²) in [5, 5.41) is 0.469. The van der Waals surface area contributed by atoms with Gasteiger partial charge in [-0.1, -0.05) is 29.8 Å². The molecule has 0 bridgehead atoms. The molecule has 1 aliphatic rings. The maximum atomic E-state index is 12.2. The van der Waals surface area contributed by atoms with E-state index >= 15 is 0 Å². The van der Waals surface area contributed by atoms with Gasteiger partial charge >= 0.3 is 5.97 Å². The van der Waals surface area contributed by atoms with Gasteiger partial charge in [-0.15, -0.1) is 0 Å². The average molecular weight is 355 g/mol. The number of halogens is 2. The highest BCUT2D eigenvalue weighted by Crippen LogP contribution is 2.26. The van der Waals surface area contributed by atoms with E-state index in [2.05, 4.69) is 4.98 Å². The van der Waals surface area contributed by atoms with E-state index in [9.17, 15) is 4.79 Å². The van der Waals surface area contributed by atoms with Crippen molar-refractivity contribution < 1.29 is 14.3 Å². The van der Waals surface area contributed by atoms with Crippen LogP contribution in [0.15, 0.2) is 30.3 Å². The van der Waals surface area contributed by atoms with Crippen LogP contribution in [-0.4, -0.2) is 28.7 Å². The molecule has 3 rings (SSSR count). The van der Waals surface area contributed by atoms with Crippen LogP contribution >= 0.6 is 23.2 Å². The van der Waals surface area contributed by atoms with E-state index in [-0.39, 0.29) is 28.9 Å². The lowest BCUT2D eigenvalue weighted by Gasteiger charge is -2.20. The van der Waals surface area contributed by atoms with Crippen molar-refractivity contribution >= 4 is 29.2 Å². The number of rotatable bonds is 4. The number of carbonyl (C=O) groups is 1. The predicted molar refractivity (Wildman–Crippen MR) is 86.9 cm³/mol. The van der Waals surface area contributed by atoms with Gasteiger partial charge in [0.1, 0.15) is 12.3 Å². The molecule has 2 heterocycles. The van der Waals surface area contributed by atoms with Gasteiger partial charge in [-0.2, -0.15) is 0 Å². The normalized spacial score (nSPS) is 15.6. The third-order valence-corrected chi connectivity index (χ3v) is 4.36. The van der Waals surface area contributed by atoms with Gasteiger partial charge in [0, 0.05) is 18.9 Å². The van der Waals surface area contributed by atoms with E-state index in [4.69, 9.17) is 32.7 Å². The molecule has 5 nitrogen and oxygen atoms in total. The third kappa shape index (κ3) is 3.68. The number of para-hydroxylation sites is 1. The Hall–Kier alpha value is -1.56. The standard InChI is InChI=1S/C16H16Cl2N2O3/c17-14-13(10-23-15(21)11-6-8-22-9-7-11)20(16(18)19-14)12-4-2-1-3-5-12/h1-5,11H,6-10H2. The first-order valence-corrected chi connectivity index (χ1v) is 8.15. The fraction of sp³-hybridized carbons (Fsp3) is 0.375. The molecule has 0 amide bonds. The smallest absolute Gasteiger partial charge is 0.309 e. The highest BCUT2D eigenvalue weighted by Gasteiger charge is 2.24. The number of esters is 1. The number of aromatic nitrogens is 2. The number of imidazole rings is 1. The van der Waals surface area contributed by atoms with Gasteiger partial charge in [-0.3, -0.25) is 9.36 Å². The van der Waals surface area contributed by atoms with Gasteiger partial charge in [0.25, 0.3) is 0 Å². The largest absolute Gasteiger partial charge is 0.459 e. The third-order valence-electron chi connectivity index (χ3n) is 3.80. The van der Waals surface area contributed by atoms with E-state index < -0.39 is 0 Å². The summed E-state index contributed by atoms with van der Waals surface area (Å²) in [6.07, 6.45) is 1.37. The second kappa shape index (κ2) is 7.34. The molecule has 0 aliphatic carbocycles.